The van der Waals surface area contributed by atoms with Crippen molar-refractivity contribution < 1.29 is 9.52 Å². The molecule has 1 heterocycles. The smallest absolute Gasteiger partial charge is 0.437 e. The van der Waals surface area contributed by atoms with E-state index < -0.39 is 5.76 Å². The normalized spacial score (nSPS) is 10.9. The molecule has 0 aliphatic carbocycles. The zero-order valence-electron chi connectivity index (χ0n) is 9.04. The molecule has 0 bridgehead atoms. The Hall–Kier alpha value is -2.04. The number of nitrogens with zero attached hydrogens (tertiary/aromatic N) is 2. The second kappa shape index (κ2) is 3.84. The van der Waals surface area contributed by atoms with E-state index >= 15 is 0 Å². The molecule has 16 heavy (non-hydrogen) atoms. The highest BCUT2D eigenvalue weighted by molar-refractivity contribution is 5.53. The van der Waals surface area contributed by atoms with Crippen LogP contribution in [-0.2, 0) is 0 Å². The van der Waals surface area contributed by atoms with Gasteiger partial charge >= 0.3 is 5.76 Å². The Bertz CT molecular complexity index is 537. The van der Waals surface area contributed by atoms with Crippen LogP contribution in [0.4, 0.5) is 0 Å². The van der Waals surface area contributed by atoms with Crippen molar-refractivity contribution in [3.63, 3.8) is 0 Å². The summed E-state index contributed by atoms with van der Waals surface area (Å²) in [5.41, 5.74) is 0.661. The number of aromatic hydroxyl groups is 1. The third kappa shape index (κ3) is 1.84. The van der Waals surface area contributed by atoms with E-state index in [-0.39, 0.29) is 17.7 Å². The average molecular weight is 220 g/mol. The van der Waals surface area contributed by atoms with Crippen LogP contribution in [0.3, 0.4) is 0 Å². The molecule has 0 saturated heterocycles. The highest BCUT2D eigenvalue weighted by Crippen LogP contribution is 2.19. The molecule has 2 rings (SSSR count). The van der Waals surface area contributed by atoms with Gasteiger partial charge in [0.2, 0.25) is 5.89 Å². The van der Waals surface area contributed by atoms with Crippen LogP contribution in [0.2, 0.25) is 0 Å². The molecule has 1 N–H and O–H groups in total. The van der Waals surface area contributed by atoms with Crippen LogP contribution in [0.15, 0.2) is 33.5 Å². The van der Waals surface area contributed by atoms with Gasteiger partial charge in [0.05, 0.1) is 6.04 Å². The number of aromatic nitrogens is 2. The van der Waals surface area contributed by atoms with Gasteiger partial charge in [0.1, 0.15) is 5.75 Å². The van der Waals surface area contributed by atoms with Gasteiger partial charge in [-0.1, -0.05) is 0 Å². The molecule has 0 amide bonds. The summed E-state index contributed by atoms with van der Waals surface area (Å²) in [6.45, 7) is 3.70. The second-order valence-electron chi connectivity index (χ2n) is 3.76. The van der Waals surface area contributed by atoms with Crippen molar-refractivity contribution in [2.24, 2.45) is 0 Å². The van der Waals surface area contributed by atoms with E-state index in [9.17, 15) is 4.79 Å². The highest BCUT2D eigenvalue weighted by Gasteiger charge is 2.11. The first kappa shape index (κ1) is 10.5. The van der Waals surface area contributed by atoms with Crippen molar-refractivity contribution in [2.45, 2.75) is 19.9 Å². The second-order valence-corrected chi connectivity index (χ2v) is 3.76. The van der Waals surface area contributed by atoms with Crippen LogP contribution in [0.1, 0.15) is 19.9 Å². The average Bonchev–Trinajstić information content (AvgIpc) is 2.61. The zero-order valence-corrected chi connectivity index (χ0v) is 9.04. The van der Waals surface area contributed by atoms with Gasteiger partial charge in [-0.15, -0.1) is 5.10 Å². The van der Waals surface area contributed by atoms with Gasteiger partial charge in [-0.3, -0.25) is 0 Å². The van der Waals surface area contributed by atoms with Crippen molar-refractivity contribution in [1.82, 2.24) is 9.78 Å². The predicted octanol–water partition coefficient (Wildman–Crippen LogP) is 1.79. The van der Waals surface area contributed by atoms with Crippen LogP contribution < -0.4 is 5.76 Å². The number of hydrogen-bond donors (Lipinski definition) is 1. The summed E-state index contributed by atoms with van der Waals surface area (Å²) >= 11 is 0. The summed E-state index contributed by atoms with van der Waals surface area (Å²) in [6, 6.07) is 6.28. The van der Waals surface area contributed by atoms with Gasteiger partial charge in [0.25, 0.3) is 0 Å². The van der Waals surface area contributed by atoms with Crippen molar-refractivity contribution in [1.29, 1.82) is 0 Å². The van der Waals surface area contributed by atoms with Gasteiger partial charge in [-0.05, 0) is 38.1 Å². The number of hydrogen-bond acceptors (Lipinski definition) is 4. The van der Waals surface area contributed by atoms with Crippen molar-refractivity contribution >= 4 is 0 Å². The van der Waals surface area contributed by atoms with E-state index in [1.807, 2.05) is 13.8 Å². The van der Waals surface area contributed by atoms with E-state index in [0.29, 0.717) is 5.56 Å². The molecule has 0 aliphatic rings. The third-order valence-electron chi connectivity index (χ3n) is 2.17. The van der Waals surface area contributed by atoms with E-state index in [1.165, 1.54) is 16.8 Å². The molecular weight excluding hydrogens is 208 g/mol. The van der Waals surface area contributed by atoms with Crippen molar-refractivity contribution in [2.75, 3.05) is 0 Å². The van der Waals surface area contributed by atoms with Gasteiger partial charge in [0, 0.05) is 5.56 Å². The zero-order chi connectivity index (χ0) is 11.7. The molecule has 1 aromatic heterocycles. The van der Waals surface area contributed by atoms with E-state index in [0.717, 1.165) is 0 Å². The lowest BCUT2D eigenvalue weighted by Crippen LogP contribution is -2.17. The molecule has 1 aromatic carbocycles. The molecule has 0 spiro atoms. The molecule has 0 unspecified atom stereocenters. The minimum absolute atomic E-state index is 0.0397. The maximum atomic E-state index is 11.4. The summed E-state index contributed by atoms with van der Waals surface area (Å²) in [4.78, 5) is 11.4. The molecule has 5 heteroatoms. The van der Waals surface area contributed by atoms with Crippen LogP contribution in [0.5, 0.6) is 5.75 Å². The molecule has 0 radical (unpaired) electrons. The molecule has 84 valence electrons. The number of benzene rings is 1. The van der Waals surface area contributed by atoms with Crippen molar-refractivity contribution in [3.8, 4) is 17.2 Å². The lowest BCUT2D eigenvalue weighted by molar-refractivity contribution is 0.449. The predicted molar refractivity (Wildman–Crippen MR) is 58.2 cm³/mol. The standard InChI is InChI=1S/C11H12N2O3/c1-7(2)13-11(15)16-10(12-13)8-3-5-9(14)6-4-8/h3-7,14H,1-2H3. The fraction of sp³-hybridized carbons (Fsp3) is 0.273. The Morgan fingerprint density at radius 3 is 2.44 bits per heavy atom. The van der Waals surface area contributed by atoms with E-state index in [1.54, 1.807) is 12.1 Å². The van der Waals surface area contributed by atoms with Gasteiger partial charge in [-0.2, -0.15) is 4.68 Å². The van der Waals surface area contributed by atoms with Crippen molar-refractivity contribution in [3.05, 3.63) is 34.8 Å². The Morgan fingerprint density at radius 2 is 1.94 bits per heavy atom. The first-order chi connectivity index (χ1) is 7.58. The summed E-state index contributed by atoms with van der Waals surface area (Å²) < 4.78 is 6.30. The monoisotopic (exact) mass is 220 g/mol. The van der Waals surface area contributed by atoms with Gasteiger partial charge < -0.3 is 9.52 Å². The summed E-state index contributed by atoms with van der Waals surface area (Å²) in [7, 11) is 0. The van der Waals surface area contributed by atoms with Crippen LogP contribution in [0, 0.1) is 0 Å². The third-order valence-corrected chi connectivity index (χ3v) is 2.17. The molecule has 2 aromatic rings. The summed E-state index contributed by atoms with van der Waals surface area (Å²) in [5.74, 6) is -0.0498. The molecular formula is C11H12N2O3. The lowest BCUT2D eigenvalue weighted by atomic mass is 10.2. The van der Waals surface area contributed by atoms with Gasteiger partial charge in [0.15, 0.2) is 0 Å². The van der Waals surface area contributed by atoms with E-state index in [2.05, 4.69) is 5.10 Å². The van der Waals surface area contributed by atoms with E-state index in [4.69, 9.17) is 9.52 Å². The molecule has 5 nitrogen and oxygen atoms in total. The minimum Gasteiger partial charge on any atom is -0.508 e. The molecule has 0 atom stereocenters. The quantitative estimate of drug-likeness (QED) is 0.837. The Balaban J connectivity index is 2.45. The summed E-state index contributed by atoms with van der Waals surface area (Å²) in [5, 5.41) is 13.2. The highest BCUT2D eigenvalue weighted by atomic mass is 16.4. The van der Waals surface area contributed by atoms with Gasteiger partial charge in [-0.25, -0.2) is 4.79 Å². The fourth-order valence-corrected chi connectivity index (χ4v) is 1.34. The maximum absolute atomic E-state index is 11.4. The number of phenols is 1. The SMILES string of the molecule is CC(C)n1nc(-c2ccc(O)cc2)oc1=O. The topological polar surface area (TPSA) is 68.3 Å². The lowest BCUT2D eigenvalue weighted by Gasteiger charge is -1.99. The molecule has 0 aliphatic heterocycles. The van der Waals surface area contributed by atoms with Crippen LogP contribution in [0.25, 0.3) is 11.5 Å². The Labute approximate surface area is 92.0 Å². The molecule has 0 fully saturated rings. The minimum atomic E-state index is -0.474. The maximum Gasteiger partial charge on any atom is 0.437 e. The Morgan fingerprint density at radius 1 is 1.31 bits per heavy atom. The Kier molecular flexibility index (Phi) is 2.52. The number of phenolic OH excluding ortho intramolecular Hbond substituents is 1. The fourth-order valence-electron chi connectivity index (χ4n) is 1.34. The number of rotatable bonds is 2. The molecule has 0 saturated carbocycles. The van der Waals surface area contributed by atoms with Crippen LogP contribution >= 0.6 is 0 Å². The first-order valence-corrected chi connectivity index (χ1v) is 4.97. The summed E-state index contributed by atoms with van der Waals surface area (Å²) in [6.07, 6.45) is 0. The van der Waals surface area contributed by atoms with Crippen LogP contribution in [-0.4, -0.2) is 14.9 Å². The largest absolute Gasteiger partial charge is 0.508 e. The first-order valence-electron chi connectivity index (χ1n) is 4.97.